The van der Waals surface area contributed by atoms with Crippen LogP contribution >= 0.6 is 34.5 Å². The molecule has 0 aliphatic carbocycles. The molecule has 0 amide bonds. The molecule has 138 valence electrons. The molecule has 0 bridgehead atoms. The third kappa shape index (κ3) is 4.37. The molecule has 0 saturated heterocycles. The molecule has 0 aliphatic rings. The van der Waals surface area contributed by atoms with Gasteiger partial charge in [-0.15, -0.1) is 11.3 Å². The van der Waals surface area contributed by atoms with Crippen molar-refractivity contribution in [3.8, 4) is 23.3 Å². The lowest BCUT2D eigenvalue weighted by molar-refractivity contribution is 0.304. The van der Waals surface area contributed by atoms with E-state index in [0.717, 1.165) is 15.2 Å². The Balaban J connectivity index is 1.52. The Morgan fingerprint density at radius 1 is 0.929 bits per heavy atom. The van der Waals surface area contributed by atoms with E-state index in [1.54, 1.807) is 47.7 Å². The van der Waals surface area contributed by atoms with Gasteiger partial charge < -0.3 is 9.47 Å². The van der Waals surface area contributed by atoms with E-state index in [9.17, 15) is 0 Å². The van der Waals surface area contributed by atoms with E-state index in [1.807, 2.05) is 30.3 Å². The highest BCUT2D eigenvalue weighted by Gasteiger charge is 2.08. The quantitative estimate of drug-likeness (QED) is 0.350. The average molecular weight is 427 g/mol. The third-order valence-corrected chi connectivity index (χ3v) is 5.23. The molecule has 0 aliphatic heterocycles. The number of rotatable bonds is 5. The van der Waals surface area contributed by atoms with Gasteiger partial charge in [-0.05, 0) is 42.5 Å². The maximum Gasteiger partial charge on any atom is 0.140 e. The van der Waals surface area contributed by atoms with E-state index in [1.165, 1.54) is 0 Å². The molecule has 4 aromatic rings. The first-order valence-corrected chi connectivity index (χ1v) is 9.83. The van der Waals surface area contributed by atoms with E-state index >= 15 is 0 Å². The van der Waals surface area contributed by atoms with Crippen molar-refractivity contribution in [2.75, 3.05) is 0 Å². The number of halogens is 2. The second kappa shape index (κ2) is 8.07. The fourth-order valence-corrected chi connectivity index (χ4v) is 3.95. The largest absolute Gasteiger partial charge is 0.486 e. The molecule has 7 heteroatoms. The molecule has 0 fully saturated rings. The second-order valence-corrected chi connectivity index (χ2v) is 7.86. The summed E-state index contributed by atoms with van der Waals surface area (Å²) in [5, 5.41) is 10.8. The van der Waals surface area contributed by atoms with Gasteiger partial charge in [-0.25, -0.2) is 4.98 Å². The number of fused-ring (bicyclic) bond motifs is 1. The van der Waals surface area contributed by atoms with Gasteiger partial charge in [0.1, 0.15) is 28.9 Å². The maximum absolute atomic E-state index is 9.06. The van der Waals surface area contributed by atoms with E-state index < -0.39 is 0 Å². The molecule has 4 nitrogen and oxygen atoms in total. The first-order chi connectivity index (χ1) is 13.6. The molecule has 28 heavy (non-hydrogen) atoms. The minimum Gasteiger partial charge on any atom is -0.486 e. The molecule has 3 aromatic carbocycles. The molecule has 0 N–H and O–H groups in total. The predicted octanol–water partition coefficient (Wildman–Crippen LogP) is 6.85. The SMILES string of the molecule is N#Cc1cc(Cl)cc(Oc2cc(Cl)cc(OCc3nc4ccccc4s3)c2)c1. The van der Waals surface area contributed by atoms with Crippen LogP contribution < -0.4 is 9.47 Å². The van der Waals surface area contributed by atoms with E-state index in [4.69, 9.17) is 37.9 Å². The van der Waals surface area contributed by atoms with Crippen LogP contribution in [0, 0.1) is 11.3 Å². The number of nitriles is 1. The highest BCUT2D eigenvalue weighted by atomic mass is 35.5. The summed E-state index contributed by atoms with van der Waals surface area (Å²) >= 11 is 13.8. The zero-order valence-corrected chi connectivity index (χ0v) is 16.7. The Morgan fingerprint density at radius 3 is 2.43 bits per heavy atom. The van der Waals surface area contributed by atoms with Crippen LogP contribution in [0.2, 0.25) is 10.0 Å². The van der Waals surface area contributed by atoms with Gasteiger partial charge in [0.05, 0.1) is 21.8 Å². The predicted molar refractivity (Wildman–Crippen MR) is 112 cm³/mol. The molecule has 0 saturated carbocycles. The van der Waals surface area contributed by atoms with Crippen molar-refractivity contribution in [1.82, 2.24) is 4.98 Å². The van der Waals surface area contributed by atoms with Crippen molar-refractivity contribution < 1.29 is 9.47 Å². The second-order valence-electron chi connectivity index (χ2n) is 5.88. The van der Waals surface area contributed by atoms with Crippen molar-refractivity contribution in [3.63, 3.8) is 0 Å². The smallest absolute Gasteiger partial charge is 0.140 e. The van der Waals surface area contributed by atoms with Crippen LogP contribution in [0.5, 0.6) is 17.2 Å². The molecule has 4 rings (SSSR count). The molecule has 1 heterocycles. The van der Waals surface area contributed by atoms with Gasteiger partial charge in [-0.1, -0.05) is 35.3 Å². The number of benzene rings is 3. The van der Waals surface area contributed by atoms with Gasteiger partial charge in [0.15, 0.2) is 0 Å². The fourth-order valence-electron chi connectivity index (χ4n) is 2.63. The van der Waals surface area contributed by atoms with Crippen molar-refractivity contribution in [2.24, 2.45) is 0 Å². The van der Waals surface area contributed by atoms with Gasteiger partial charge in [0.25, 0.3) is 0 Å². The zero-order valence-electron chi connectivity index (χ0n) is 14.4. The lowest BCUT2D eigenvalue weighted by atomic mass is 10.2. The first-order valence-electron chi connectivity index (χ1n) is 8.25. The summed E-state index contributed by atoms with van der Waals surface area (Å²) in [5.41, 5.74) is 1.37. The van der Waals surface area contributed by atoms with Crippen LogP contribution in [0.25, 0.3) is 10.2 Å². The van der Waals surface area contributed by atoms with Crippen LogP contribution in [0.4, 0.5) is 0 Å². The number of nitrogens with zero attached hydrogens (tertiary/aromatic N) is 2. The van der Waals surface area contributed by atoms with E-state index in [2.05, 4.69) is 4.98 Å². The molecule has 0 radical (unpaired) electrons. The summed E-state index contributed by atoms with van der Waals surface area (Å²) < 4.78 is 12.8. The van der Waals surface area contributed by atoms with Crippen molar-refractivity contribution in [2.45, 2.75) is 6.61 Å². The Kier molecular flexibility index (Phi) is 5.36. The summed E-state index contributed by atoms with van der Waals surface area (Å²) in [6.45, 7) is 0.328. The Bertz CT molecular complexity index is 1170. The number of thiazole rings is 1. The molecular weight excluding hydrogens is 415 g/mol. The van der Waals surface area contributed by atoms with Crippen LogP contribution in [0.3, 0.4) is 0 Å². The van der Waals surface area contributed by atoms with Gasteiger partial charge in [-0.3, -0.25) is 0 Å². The average Bonchev–Trinajstić information content (AvgIpc) is 3.08. The summed E-state index contributed by atoms with van der Waals surface area (Å²) in [6.07, 6.45) is 0. The number of hydrogen-bond acceptors (Lipinski definition) is 5. The molecule has 0 spiro atoms. The number of para-hydroxylation sites is 1. The van der Waals surface area contributed by atoms with Crippen LogP contribution in [0.15, 0.2) is 60.7 Å². The standard InChI is InChI=1S/C21H12Cl2N2O2S/c22-14-5-13(11-24)6-17(8-14)27-18-9-15(23)7-16(10-18)26-12-21-25-19-3-1-2-4-20(19)28-21/h1-10H,12H2. The number of aromatic nitrogens is 1. The van der Waals surface area contributed by atoms with Crippen molar-refractivity contribution in [3.05, 3.63) is 81.3 Å². The lowest BCUT2D eigenvalue weighted by Gasteiger charge is -2.10. The van der Waals surface area contributed by atoms with Crippen LogP contribution in [0.1, 0.15) is 10.6 Å². The number of hydrogen-bond donors (Lipinski definition) is 0. The van der Waals surface area contributed by atoms with Crippen molar-refractivity contribution >= 4 is 44.8 Å². The highest BCUT2D eigenvalue weighted by molar-refractivity contribution is 7.18. The first kappa shape index (κ1) is 18.6. The fraction of sp³-hybridized carbons (Fsp3) is 0.0476. The van der Waals surface area contributed by atoms with Crippen LogP contribution in [-0.2, 0) is 6.61 Å². The third-order valence-electron chi connectivity index (χ3n) is 3.78. The number of ether oxygens (including phenoxy) is 2. The maximum atomic E-state index is 9.06. The molecule has 1 aromatic heterocycles. The van der Waals surface area contributed by atoms with E-state index in [0.29, 0.717) is 39.5 Å². The molecule has 0 atom stereocenters. The minimum absolute atomic E-state index is 0.328. The normalized spacial score (nSPS) is 10.6. The zero-order chi connectivity index (χ0) is 19.5. The lowest BCUT2D eigenvalue weighted by Crippen LogP contribution is -1.95. The minimum atomic E-state index is 0.328. The summed E-state index contributed by atoms with van der Waals surface area (Å²) in [5.74, 6) is 1.49. The monoisotopic (exact) mass is 426 g/mol. The Hall–Kier alpha value is -2.78. The Labute approximate surface area is 175 Å². The Morgan fingerprint density at radius 2 is 1.64 bits per heavy atom. The van der Waals surface area contributed by atoms with Gasteiger partial charge in [0, 0.05) is 16.1 Å². The van der Waals surface area contributed by atoms with Crippen molar-refractivity contribution in [1.29, 1.82) is 5.26 Å². The summed E-state index contributed by atoms with van der Waals surface area (Å²) in [6, 6.07) is 19.9. The van der Waals surface area contributed by atoms with Gasteiger partial charge in [0.2, 0.25) is 0 Å². The highest BCUT2D eigenvalue weighted by Crippen LogP contribution is 2.32. The van der Waals surface area contributed by atoms with Gasteiger partial charge in [-0.2, -0.15) is 5.26 Å². The van der Waals surface area contributed by atoms with E-state index in [-0.39, 0.29) is 0 Å². The molecule has 0 unspecified atom stereocenters. The summed E-state index contributed by atoms with van der Waals surface area (Å²) in [4.78, 5) is 4.55. The summed E-state index contributed by atoms with van der Waals surface area (Å²) in [7, 11) is 0. The topological polar surface area (TPSA) is 55.1 Å². The van der Waals surface area contributed by atoms with Gasteiger partial charge >= 0.3 is 0 Å². The van der Waals surface area contributed by atoms with Crippen LogP contribution in [-0.4, -0.2) is 4.98 Å². The molecular formula is C21H12Cl2N2O2S.